The molecule has 0 aromatic carbocycles. The lowest BCUT2D eigenvalue weighted by Gasteiger charge is -1.65. The second-order valence-corrected chi connectivity index (χ2v) is 1.71. The van der Waals surface area contributed by atoms with Gasteiger partial charge in [-0.25, -0.2) is 4.98 Å². The first kappa shape index (κ1) is 3.61. The van der Waals surface area contributed by atoms with Crippen molar-refractivity contribution < 1.29 is 0 Å². The van der Waals surface area contributed by atoms with E-state index in [9.17, 15) is 0 Å². The largest absolute Gasteiger partial charge is 0.389 e. The summed E-state index contributed by atoms with van der Waals surface area (Å²) in [4.78, 5) is 3.59. The summed E-state index contributed by atoms with van der Waals surface area (Å²) < 4.78 is 0. The number of aromatic nitrogens is 1. The Morgan fingerprint density at radius 1 is 2.00 bits per heavy atom. The summed E-state index contributed by atoms with van der Waals surface area (Å²) in [6.07, 6.45) is 2.55. The Morgan fingerprint density at radius 3 is 3.00 bits per heavy atom. The molecular weight excluding hydrogens is 96.1 g/mol. The fourth-order valence-electron chi connectivity index (χ4n) is 0.199. The lowest BCUT2D eigenvalue weighted by Crippen LogP contribution is -1.73. The zero-order chi connectivity index (χ0) is 4.41. The molecule has 0 atom stereocenters. The highest BCUT2D eigenvalue weighted by Crippen LogP contribution is 2.03. The van der Waals surface area contributed by atoms with Gasteiger partial charge in [-0.1, -0.05) is 0 Å². The number of nitrogen functional groups attached to an aromatic ring is 1. The highest BCUT2D eigenvalue weighted by Gasteiger charge is 1.78. The minimum absolute atomic E-state index is 0.648. The molecule has 1 heterocycles. The number of nitrogens with zero attached hydrogens (tertiary/aromatic N) is 1. The van der Waals surface area contributed by atoms with E-state index in [1.807, 2.05) is 0 Å². The molecule has 1 radical (unpaired) electrons. The van der Waals surface area contributed by atoms with E-state index in [1.165, 1.54) is 11.3 Å². The third-order valence-electron chi connectivity index (χ3n) is 0.407. The van der Waals surface area contributed by atoms with Crippen molar-refractivity contribution in [2.45, 2.75) is 0 Å². The van der Waals surface area contributed by atoms with Crippen LogP contribution < -0.4 is 5.73 Å². The second kappa shape index (κ2) is 1.26. The standard InChI is InChI=1S/C3H3N2S/c4-3-1-5-2-6-3/h2H,4H2. The Bertz CT molecular complexity index is 112. The third kappa shape index (κ3) is 0.490. The molecule has 31 valence electrons. The first-order valence-corrected chi connectivity index (χ1v) is 2.34. The summed E-state index contributed by atoms with van der Waals surface area (Å²) >= 11 is 1.39. The number of hydrogen-bond donors (Lipinski definition) is 1. The van der Waals surface area contributed by atoms with E-state index in [2.05, 4.69) is 11.2 Å². The molecule has 0 aliphatic rings. The Balaban J connectivity index is 3.05. The van der Waals surface area contributed by atoms with Crippen LogP contribution >= 0.6 is 11.3 Å². The molecule has 0 fully saturated rings. The molecule has 2 nitrogen and oxygen atoms in total. The fourth-order valence-corrected chi connectivity index (χ4v) is 0.524. The van der Waals surface area contributed by atoms with Crippen LogP contribution in [0.15, 0.2) is 5.51 Å². The van der Waals surface area contributed by atoms with E-state index in [0.29, 0.717) is 5.00 Å². The monoisotopic (exact) mass is 99.0 g/mol. The average molecular weight is 99.1 g/mol. The molecular formula is C3H3N2S. The molecule has 0 aliphatic heterocycles. The van der Waals surface area contributed by atoms with Crippen LogP contribution in [0.4, 0.5) is 5.00 Å². The zero-order valence-electron chi connectivity index (χ0n) is 3.01. The topological polar surface area (TPSA) is 38.9 Å². The maximum absolute atomic E-state index is 5.18. The molecule has 0 aliphatic carbocycles. The Labute approximate surface area is 39.6 Å². The SMILES string of the molecule is Nc1[c]ncs1. The first-order chi connectivity index (χ1) is 2.89. The van der Waals surface area contributed by atoms with Gasteiger partial charge in [0.05, 0.1) is 5.51 Å². The Morgan fingerprint density at radius 2 is 2.83 bits per heavy atom. The molecule has 3 heteroatoms. The van der Waals surface area contributed by atoms with Crippen molar-refractivity contribution in [3.8, 4) is 0 Å². The molecule has 1 aromatic rings. The van der Waals surface area contributed by atoms with Crippen molar-refractivity contribution in [1.29, 1.82) is 0 Å². The first-order valence-electron chi connectivity index (χ1n) is 1.46. The van der Waals surface area contributed by atoms with E-state index in [-0.39, 0.29) is 0 Å². The number of anilines is 1. The van der Waals surface area contributed by atoms with Gasteiger partial charge < -0.3 is 5.73 Å². The summed E-state index contributed by atoms with van der Waals surface area (Å²) in [7, 11) is 0. The molecule has 2 N–H and O–H groups in total. The quantitative estimate of drug-likeness (QED) is 0.515. The summed E-state index contributed by atoms with van der Waals surface area (Å²) in [5.74, 6) is 0. The molecule has 1 rings (SSSR count). The van der Waals surface area contributed by atoms with Crippen LogP contribution in [-0.2, 0) is 0 Å². The number of thiazole rings is 1. The molecule has 0 saturated heterocycles. The molecule has 0 saturated carbocycles. The maximum atomic E-state index is 5.18. The van der Waals surface area contributed by atoms with E-state index in [1.54, 1.807) is 5.51 Å². The summed E-state index contributed by atoms with van der Waals surface area (Å²) in [5.41, 5.74) is 6.83. The second-order valence-electron chi connectivity index (χ2n) is 0.828. The highest BCUT2D eigenvalue weighted by atomic mass is 32.1. The van der Waals surface area contributed by atoms with Gasteiger partial charge in [0, 0.05) is 0 Å². The van der Waals surface area contributed by atoms with Crippen LogP contribution in [0.3, 0.4) is 0 Å². The third-order valence-corrected chi connectivity index (χ3v) is 0.963. The summed E-state index contributed by atoms with van der Waals surface area (Å²) in [6.45, 7) is 0. The molecule has 0 amide bonds. The number of hydrogen-bond acceptors (Lipinski definition) is 3. The van der Waals surface area contributed by atoms with E-state index in [4.69, 9.17) is 5.73 Å². The molecule has 0 bridgehead atoms. The minimum atomic E-state index is 0.648. The molecule has 0 unspecified atom stereocenters. The fraction of sp³-hybridized carbons (Fsp3) is 0. The Kier molecular flexibility index (Phi) is 0.759. The predicted octanol–water partition coefficient (Wildman–Crippen LogP) is 0.525. The van der Waals surface area contributed by atoms with Gasteiger partial charge in [0.1, 0.15) is 11.2 Å². The lowest BCUT2D eigenvalue weighted by molar-refractivity contribution is 1.41. The lowest BCUT2D eigenvalue weighted by atomic mass is 10.9. The van der Waals surface area contributed by atoms with Crippen LogP contribution in [0, 0.1) is 6.20 Å². The van der Waals surface area contributed by atoms with E-state index < -0.39 is 0 Å². The van der Waals surface area contributed by atoms with Crippen LogP contribution in [0.1, 0.15) is 0 Å². The van der Waals surface area contributed by atoms with Crippen LogP contribution in [0.25, 0.3) is 0 Å². The van der Waals surface area contributed by atoms with Gasteiger partial charge in [-0.05, 0) is 0 Å². The van der Waals surface area contributed by atoms with Gasteiger partial charge in [0.15, 0.2) is 0 Å². The summed E-state index contributed by atoms with van der Waals surface area (Å²) in [6, 6.07) is 0. The molecule has 1 aromatic heterocycles. The molecule has 6 heavy (non-hydrogen) atoms. The van der Waals surface area contributed by atoms with Gasteiger partial charge >= 0.3 is 0 Å². The zero-order valence-corrected chi connectivity index (χ0v) is 3.83. The van der Waals surface area contributed by atoms with Crippen molar-refractivity contribution in [2.75, 3.05) is 5.73 Å². The van der Waals surface area contributed by atoms with Crippen molar-refractivity contribution in [1.82, 2.24) is 4.98 Å². The minimum Gasteiger partial charge on any atom is -0.389 e. The average Bonchev–Trinajstić information content (AvgIpc) is 1.86. The maximum Gasteiger partial charge on any atom is 0.126 e. The Hall–Kier alpha value is -0.570. The van der Waals surface area contributed by atoms with Gasteiger partial charge in [0.25, 0.3) is 0 Å². The van der Waals surface area contributed by atoms with Gasteiger partial charge in [-0.3, -0.25) is 0 Å². The number of rotatable bonds is 0. The van der Waals surface area contributed by atoms with Crippen LogP contribution in [0.2, 0.25) is 0 Å². The summed E-state index contributed by atoms with van der Waals surface area (Å²) in [5, 5.41) is 0.648. The van der Waals surface area contributed by atoms with Crippen LogP contribution in [-0.4, -0.2) is 4.98 Å². The molecule has 0 spiro atoms. The van der Waals surface area contributed by atoms with E-state index in [0.717, 1.165) is 0 Å². The predicted molar refractivity (Wildman–Crippen MR) is 25.4 cm³/mol. The van der Waals surface area contributed by atoms with Crippen molar-refractivity contribution in [3.63, 3.8) is 0 Å². The van der Waals surface area contributed by atoms with Crippen molar-refractivity contribution in [2.24, 2.45) is 0 Å². The number of nitrogens with two attached hydrogens (primary N) is 1. The highest BCUT2D eigenvalue weighted by molar-refractivity contribution is 7.13. The van der Waals surface area contributed by atoms with Crippen molar-refractivity contribution >= 4 is 16.3 Å². The normalized spacial score (nSPS) is 8.67. The van der Waals surface area contributed by atoms with E-state index >= 15 is 0 Å². The van der Waals surface area contributed by atoms with Gasteiger partial charge in [-0.15, -0.1) is 11.3 Å². The van der Waals surface area contributed by atoms with Gasteiger partial charge in [0.2, 0.25) is 0 Å². The van der Waals surface area contributed by atoms with Crippen molar-refractivity contribution in [3.05, 3.63) is 11.7 Å². The van der Waals surface area contributed by atoms with Gasteiger partial charge in [-0.2, -0.15) is 0 Å². The smallest absolute Gasteiger partial charge is 0.126 e. The van der Waals surface area contributed by atoms with Crippen LogP contribution in [0.5, 0.6) is 0 Å².